The van der Waals surface area contributed by atoms with E-state index in [0.717, 1.165) is 11.3 Å². The first-order valence-corrected chi connectivity index (χ1v) is 5.21. The fourth-order valence-electron chi connectivity index (χ4n) is 1.76. The van der Waals surface area contributed by atoms with Gasteiger partial charge < -0.3 is 5.73 Å². The summed E-state index contributed by atoms with van der Waals surface area (Å²) in [6.07, 6.45) is 1.55. The minimum absolute atomic E-state index is 0.519. The number of nitrogens with two attached hydrogens (primary N) is 1. The molecule has 17 heavy (non-hydrogen) atoms. The van der Waals surface area contributed by atoms with E-state index >= 15 is 0 Å². The van der Waals surface area contributed by atoms with Crippen LogP contribution in [0.5, 0.6) is 0 Å². The van der Waals surface area contributed by atoms with E-state index in [0.29, 0.717) is 16.9 Å². The van der Waals surface area contributed by atoms with Gasteiger partial charge in [-0.3, -0.25) is 0 Å². The number of anilines is 1. The largest absolute Gasteiger partial charge is 0.384 e. The van der Waals surface area contributed by atoms with Crippen molar-refractivity contribution in [3.8, 4) is 11.3 Å². The van der Waals surface area contributed by atoms with Gasteiger partial charge in [-0.05, 0) is 5.46 Å². The van der Waals surface area contributed by atoms with Crippen LogP contribution >= 0.6 is 0 Å². The molecular formula is C12H9BN4. The van der Waals surface area contributed by atoms with Crippen molar-refractivity contribution in [2.75, 3.05) is 5.73 Å². The molecule has 0 amide bonds. The third-order valence-electron chi connectivity index (χ3n) is 2.60. The van der Waals surface area contributed by atoms with E-state index in [4.69, 9.17) is 13.6 Å². The number of aromatic nitrogens is 3. The maximum atomic E-state index is 5.91. The lowest BCUT2D eigenvalue weighted by molar-refractivity contribution is 0.954. The van der Waals surface area contributed by atoms with Crippen LogP contribution in [0.1, 0.15) is 0 Å². The standard InChI is InChI=1S/C12H9BN4/c13-9-7-15-17-11(14)6-10(16-12(9)17)8-4-2-1-3-5-8/h1-7H,14H2. The molecule has 0 saturated carbocycles. The van der Waals surface area contributed by atoms with Gasteiger partial charge in [0.25, 0.3) is 0 Å². The van der Waals surface area contributed by atoms with Gasteiger partial charge in [0.05, 0.1) is 5.69 Å². The molecule has 0 fully saturated rings. The monoisotopic (exact) mass is 220 g/mol. The predicted molar refractivity (Wildman–Crippen MR) is 68.2 cm³/mol. The highest BCUT2D eigenvalue weighted by Crippen LogP contribution is 2.19. The Morgan fingerprint density at radius 1 is 1.18 bits per heavy atom. The van der Waals surface area contributed by atoms with E-state index in [1.807, 2.05) is 30.3 Å². The Labute approximate surface area is 99.5 Å². The maximum Gasteiger partial charge on any atom is 0.150 e. The van der Waals surface area contributed by atoms with Crippen molar-refractivity contribution in [1.29, 1.82) is 0 Å². The Morgan fingerprint density at radius 3 is 2.71 bits per heavy atom. The van der Waals surface area contributed by atoms with Gasteiger partial charge in [-0.15, -0.1) is 0 Å². The van der Waals surface area contributed by atoms with Gasteiger partial charge in [0.2, 0.25) is 0 Å². The lowest BCUT2D eigenvalue weighted by Crippen LogP contribution is -2.06. The van der Waals surface area contributed by atoms with E-state index in [2.05, 4.69) is 10.1 Å². The van der Waals surface area contributed by atoms with Crippen LogP contribution in [0.15, 0.2) is 42.6 Å². The molecule has 2 heterocycles. The van der Waals surface area contributed by atoms with Crippen LogP contribution in [0.25, 0.3) is 16.9 Å². The molecule has 0 saturated heterocycles. The lowest BCUT2D eigenvalue weighted by atomic mass is 10.0. The molecule has 0 spiro atoms. The minimum atomic E-state index is 0.519. The van der Waals surface area contributed by atoms with E-state index in [1.165, 1.54) is 4.52 Å². The Morgan fingerprint density at radius 2 is 1.94 bits per heavy atom. The van der Waals surface area contributed by atoms with Crippen LogP contribution in [-0.4, -0.2) is 22.4 Å². The molecule has 2 aromatic heterocycles. The van der Waals surface area contributed by atoms with Crippen LogP contribution in [0.4, 0.5) is 5.82 Å². The zero-order chi connectivity index (χ0) is 11.8. The smallest absolute Gasteiger partial charge is 0.150 e. The normalized spacial score (nSPS) is 10.8. The third kappa shape index (κ3) is 1.56. The number of fused-ring (bicyclic) bond motifs is 1. The van der Waals surface area contributed by atoms with E-state index in [1.54, 1.807) is 12.3 Å². The lowest BCUT2D eigenvalue weighted by Gasteiger charge is -2.04. The zero-order valence-corrected chi connectivity index (χ0v) is 9.04. The van der Waals surface area contributed by atoms with Crippen LogP contribution in [0.2, 0.25) is 0 Å². The summed E-state index contributed by atoms with van der Waals surface area (Å²) in [6, 6.07) is 11.6. The summed E-state index contributed by atoms with van der Waals surface area (Å²) in [5.41, 5.74) is 8.82. The van der Waals surface area contributed by atoms with Crippen molar-refractivity contribution in [1.82, 2.24) is 14.6 Å². The maximum absolute atomic E-state index is 5.91. The molecule has 4 nitrogen and oxygen atoms in total. The van der Waals surface area contributed by atoms with Crippen molar-refractivity contribution in [3.63, 3.8) is 0 Å². The highest BCUT2D eigenvalue weighted by molar-refractivity contribution is 6.36. The fraction of sp³-hybridized carbons (Fsp3) is 0. The van der Waals surface area contributed by atoms with Crippen molar-refractivity contribution >= 4 is 24.8 Å². The molecule has 1 aromatic carbocycles. The van der Waals surface area contributed by atoms with Crippen molar-refractivity contribution in [2.24, 2.45) is 0 Å². The molecule has 0 unspecified atom stereocenters. The highest BCUT2D eigenvalue weighted by atomic mass is 15.3. The van der Waals surface area contributed by atoms with Gasteiger partial charge in [-0.1, -0.05) is 30.3 Å². The third-order valence-corrected chi connectivity index (χ3v) is 2.60. The number of nitrogen functional groups attached to an aromatic ring is 1. The molecule has 5 heteroatoms. The average molecular weight is 220 g/mol. The zero-order valence-electron chi connectivity index (χ0n) is 9.04. The van der Waals surface area contributed by atoms with Crippen LogP contribution in [0.3, 0.4) is 0 Å². The molecule has 2 N–H and O–H groups in total. The summed E-state index contributed by atoms with van der Waals surface area (Å²) in [5, 5.41) is 4.06. The van der Waals surface area contributed by atoms with Crippen LogP contribution < -0.4 is 11.2 Å². The summed E-state index contributed by atoms with van der Waals surface area (Å²) in [4.78, 5) is 4.46. The molecule has 0 aliphatic heterocycles. The second kappa shape index (κ2) is 3.62. The van der Waals surface area contributed by atoms with Gasteiger partial charge >= 0.3 is 0 Å². The number of hydrogen-bond donors (Lipinski definition) is 1. The number of rotatable bonds is 1. The molecule has 2 radical (unpaired) electrons. The molecule has 0 bridgehead atoms. The Balaban J connectivity index is 2.28. The summed E-state index contributed by atoms with van der Waals surface area (Å²) in [5.74, 6) is 0.519. The van der Waals surface area contributed by atoms with E-state index in [9.17, 15) is 0 Å². The number of nitrogens with zero attached hydrogens (tertiary/aromatic N) is 3. The molecule has 0 atom stereocenters. The first-order valence-electron chi connectivity index (χ1n) is 5.21. The Kier molecular flexibility index (Phi) is 2.11. The van der Waals surface area contributed by atoms with Gasteiger partial charge in [0.15, 0.2) is 5.65 Å². The van der Waals surface area contributed by atoms with Crippen LogP contribution in [-0.2, 0) is 0 Å². The quantitative estimate of drug-likeness (QED) is 0.616. The Hall–Kier alpha value is -2.30. The van der Waals surface area contributed by atoms with E-state index in [-0.39, 0.29) is 0 Å². The fourth-order valence-corrected chi connectivity index (χ4v) is 1.76. The first kappa shape index (κ1) is 9.90. The van der Waals surface area contributed by atoms with Crippen molar-refractivity contribution < 1.29 is 0 Å². The van der Waals surface area contributed by atoms with Crippen LogP contribution in [0, 0.1) is 0 Å². The van der Waals surface area contributed by atoms with Gasteiger partial charge in [-0.2, -0.15) is 5.10 Å². The summed E-state index contributed by atoms with van der Waals surface area (Å²) >= 11 is 0. The molecule has 0 aliphatic carbocycles. The second-order valence-corrected chi connectivity index (χ2v) is 3.77. The molecule has 0 aliphatic rings. The summed E-state index contributed by atoms with van der Waals surface area (Å²) < 4.78 is 1.53. The molecule has 80 valence electrons. The van der Waals surface area contributed by atoms with Gasteiger partial charge in [0, 0.05) is 17.8 Å². The molecule has 3 rings (SSSR count). The Bertz CT molecular complexity index is 676. The topological polar surface area (TPSA) is 56.2 Å². The average Bonchev–Trinajstić information content (AvgIpc) is 2.73. The second-order valence-electron chi connectivity index (χ2n) is 3.77. The number of benzene rings is 1. The SMILES string of the molecule is [B]c1cnn2c(N)cc(-c3ccccc3)nc12. The van der Waals surface area contributed by atoms with Crippen molar-refractivity contribution in [3.05, 3.63) is 42.6 Å². The minimum Gasteiger partial charge on any atom is -0.384 e. The first-order chi connectivity index (χ1) is 8.25. The predicted octanol–water partition coefficient (Wildman–Crippen LogP) is 0.772. The van der Waals surface area contributed by atoms with E-state index < -0.39 is 0 Å². The highest BCUT2D eigenvalue weighted by Gasteiger charge is 2.07. The number of hydrogen-bond acceptors (Lipinski definition) is 3. The molecular weight excluding hydrogens is 211 g/mol. The van der Waals surface area contributed by atoms with Gasteiger partial charge in [-0.25, -0.2) is 9.50 Å². The molecule has 3 aromatic rings. The summed E-state index contributed by atoms with van der Waals surface area (Å²) in [6.45, 7) is 0. The van der Waals surface area contributed by atoms with Crippen molar-refractivity contribution in [2.45, 2.75) is 0 Å². The summed E-state index contributed by atoms with van der Waals surface area (Å²) in [7, 11) is 5.79. The van der Waals surface area contributed by atoms with Gasteiger partial charge in [0.1, 0.15) is 13.7 Å².